The van der Waals surface area contributed by atoms with E-state index in [4.69, 9.17) is 0 Å². The minimum atomic E-state index is -0.230. The molecule has 0 N–H and O–H groups in total. The van der Waals surface area contributed by atoms with Crippen molar-refractivity contribution in [1.29, 1.82) is 0 Å². The van der Waals surface area contributed by atoms with E-state index in [9.17, 15) is 0 Å². The Morgan fingerprint density at radius 3 is 1.20 bits per heavy atom. The Morgan fingerprint density at radius 1 is 0.238 bits per heavy atom. The molecular weight excluding hydrogens is 1050 g/mol. The van der Waals surface area contributed by atoms with Gasteiger partial charge in [0.05, 0.1) is 0 Å². The zero-order valence-corrected chi connectivity index (χ0v) is 48.7. The highest BCUT2D eigenvalue weighted by atomic mass is 32.1. The van der Waals surface area contributed by atoms with Crippen LogP contribution in [0, 0.1) is 0 Å². The smallest absolute Gasteiger partial charge is 0.0405 e. The molecule has 16 aromatic rings. The molecule has 0 nitrogen and oxygen atoms in total. The lowest BCUT2D eigenvalue weighted by atomic mass is 9.80. The van der Waals surface area contributed by atoms with E-state index in [-0.39, 0.29) is 10.8 Å². The molecule has 2 aliphatic carbocycles. The third-order valence-electron chi connectivity index (χ3n) is 19.4. The molecule has 0 unspecified atom stereocenters. The molecule has 84 heavy (non-hydrogen) atoms. The highest BCUT2D eigenvalue weighted by molar-refractivity contribution is 7.23. The third kappa shape index (κ3) is 6.58. The van der Waals surface area contributed by atoms with Crippen LogP contribution in [0.15, 0.2) is 255 Å². The Bertz CT molecular complexity index is 5450. The van der Waals surface area contributed by atoms with Crippen molar-refractivity contribution < 1.29 is 0 Å². The Labute approximate surface area is 496 Å². The summed E-state index contributed by atoms with van der Waals surface area (Å²) in [6.45, 7) is 9.72. The number of hydrogen-bond acceptors (Lipinski definition) is 2. The fourth-order valence-corrected chi connectivity index (χ4v) is 18.5. The Morgan fingerprint density at radius 2 is 0.619 bits per heavy atom. The Hall–Kier alpha value is -9.44. The van der Waals surface area contributed by atoms with Gasteiger partial charge in [-0.15, -0.1) is 22.7 Å². The summed E-state index contributed by atoms with van der Waals surface area (Å²) in [5, 5.41) is 18.0. The molecule has 0 bridgehead atoms. The lowest BCUT2D eigenvalue weighted by Crippen LogP contribution is -2.14. The van der Waals surface area contributed by atoms with E-state index >= 15 is 0 Å². The van der Waals surface area contributed by atoms with E-state index in [2.05, 4.69) is 282 Å². The Balaban J connectivity index is 0.792. The first-order valence-electron chi connectivity index (χ1n) is 29.5. The van der Waals surface area contributed by atoms with Crippen LogP contribution in [0.2, 0.25) is 0 Å². The van der Waals surface area contributed by atoms with Gasteiger partial charge in [-0.05, 0) is 189 Å². The van der Waals surface area contributed by atoms with Crippen LogP contribution in [0.4, 0.5) is 0 Å². The average Bonchev–Trinajstić information content (AvgIpc) is 2.63. The van der Waals surface area contributed by atoms with Crippen LogP contribution in [0.1, 0.15) is 49.9 Å². The van der Waals surface area contributed by atoms with Gasteiger partial charge in [0.1, 0.15) is 0 Å². The van der Waals surface area contributed by atoms with Crippen LogP contribution in [0.5, 0.6) is 0 Å². The molecule has 14 aromatic carbocycles. The highest BCUT2D eigenvalue weighted by Gasteiger charge is 2.41. The summed E-state index contributed by atoms with van der Waals surface area (Å²) >= 11 is 3.91. The molecule has 0 amide bonds. The van der Waals surface area contributed by atoms with Crippen LogP contribution < -0.4 is 0 Å². The summed E-state index contributed by atoms with van der Waals surface area (Å²) in [6, 6.07) is 96.8. The standard InChI is InChI=1S/C82H54S2/c1-81(2)68-36-16-15-30-65(68)79-77(81)66-45-50(40-42-70(66)83-79)74-61-26-11-13-28-63(61)75(64-29-14-12-27-62(64)74)55-34-18-31-52-53(55)32-17-33-54(52)56-35-19-37-69-76(56)80-78(82(69,3)4)67-46-51(41-43-71(67)84-80)73-59-24-9-7-22-57(59)72(58-23-8-10-25-60(58)73)49-39-38-47-20-5-6-21-48(47)44-49/h5-46H,1-4H3. The molecule has 0 fully saturated rings. The minimum Gasteiger partial charge on any atom is -0.135 e. The van der Waals surface area contributed by atoms with E-state index < -0.39 is 0 Å². The van der Waals surface area contributed by atoms with Crippen molar-refractivity contribution in [1.82, 2.24) is 0 Å². The Kier molecular flexibility index (Phi) is 10.1. The number of hydrogen-bond donors (Lipinski definition) is 0. The van der Waals surface area contributed by atoms with Crippen molar-refractivity contribution in [3.05, 3.63) is 277 Å². The summed E-state index contributed by atoms with van der Waals surface area (Å²) in [5.74, 6) is 0. The number of fused-ring (bicyclic) bond motifs is 16. The molecule has 0 saturated carbocycles. The molecule has 2 heterocycles. The van der Waals surface area contributed by atoms with Crippen molar-refractivity contribution >= 4 is 107 Å². The van der Waals surface area contributed by atoms with Crippen molar-refractivity contribution in [3.8, 4) is 76.5 Å². The minimum absolute atomic E-state index is 0.0785. The normalized spacial score (nSPS) is 13.9. The summed E-state index contributed by atoms with van der Waals surface area (Å²) in [6.07, 6.45) is 0. The highest BCUT2D eigenvalue weighted by Crippen LogP contribution is 2.60. The second-order valence-corrected chi connectivity index (χ2v) is 26.6. The van der Waals surface area contributed by atoms with Gasteiger partial charge in [-0.3, -0.25) is 0 Å². The molecule has 0 aliphatic heterocycles. The average molecular weight is 1100 g/mol. The van der Waals surface area contributed by atoms with Crippen molar-refractivity contribution in [3.63, 3.8) is 0 Å². The van der Waals surface area contributed by atoms with Crippen molar-refractivity contribution in [2.24, 2.45) is 0 Å². The molecule has 2 aliphatic rings. The van der Waals surface area contributed by atoms with Gasteiger partial charge in [-0.25, -0.2) is 0 Å². The molecule has 0 spiro atoms. The fourth-order valence-electron chi connectivity index (χ4n) is 15.7. The van der Waals surface area contributed by atoms with Crippen LogP contribution in [-0.2, 0) is 10.8 Å². The maximum absolute atomic E-state index is 2.53. The van der Waals surface area contributed by atoms with E-state index in [1.807, 2.05) is 22.7 Å². The molecule has 18 rings (SSSR count). The maximum Gasteiger partial charge on any atom is 0.0405 e. The molecule has 0 saturated heterocycles. The zero-order valence-electron chi connectivity index (χ0n) is 47.1. The summed E-state index contributed by atoms with van der Waals surface area (Å²) < 4.78 is 2.68. The van der Waals surface area contributed by atoms with Gasteiger partial charge in [0, 0.05) is 35.5 Å². The van der Waals surface area contributed by atoms with Crippen LogP contribution in [0.3, 0.4) is 0 Å². The van der Waals surface area contributed by atoms with Gasteiger partial charge >= 0.3 is 0 Å². The number of thiophene rings is 2. The van der Waals surface area contributed by atoms with E-state index in [1.54, 1.807) is 0 Å². The van der Waals surface area contributed by atoms with Crippen LogP contribution in [0.25, 0.3) is 161 Å². The van der Waals surface area contributed by atoms with Gasteiger partial charge in [0.2, 0.25) is 0 Å². The fraction of sp³-hybridized carbons (Fsp3) is 0.0732. The lowest BCUT2D eigenvalue weighted by molar-refractivity contribution is 0.667. The second kappa shape index (κ2) is 17.5. The summed E-state index contributed by atoms with van der Waals surface area (Å²) in [5.41, 5.74) is 20.9. The van der Waals surface area contributed by atoms with Gasteiger partial charge in [0.15, 0.2) is 0 Å². The van der Waals surface area contributed by atoms with E-state index in [0.717, 1.165) is 0 Å². The van der Waals surface area contributed by atoms with Crippen LogP contribution >= 0.6 is 22.7 Å². The third-order valence-corrected chi connectivity index (χ3v) is 21.8. The topological polar surface area (TPSA) is 0 Å². The maximum atomic E-state index is 2.53. The molecule has 394 valence electrons. The monoisotopic (exact) mass is 1100 g/mol. The number of rotatable bonds is 5. The predicted octanol–water partition coefficient (Wildman–Crippen LogP) is 24.0. The first-order valence-corrected chi connectivity index (χ1v) is 31.1. The summed E-state index contributed by atoms with van der Waals surface area (Å²) in [4.78, 5) is 2.81. The van der Waals surface area contributed by atoms with Crippen LogP contribution in [-0.4, -0.2) is 0 Å². The van der Waals surface area contributed by atoms with Crippen molar-refractivity contribution in [2.45, 2.75) is 38.5 Å². The SMILES string of the molecule is CC1(C)c2ccccc2-c2sc3ccc(-c4c5ccccc5c(-c5cccc6c(-c7cccc8c7-c7sc9ccc(-c%10c%11ccccc%11c(-c%11ccc%12ccccc%12c%11)c%11ccccc%10%11)cc9c7C8(C)C)cccc56)c5ccccc45)cc3c21. The molecular formula is C82H54S2. The lowest BCUT2D eigenvalue weighted by Gasteiger charge is -2.23. The first-order chi connectivity index (χ1) is 41.2. The molecule has 0 atom stereocenters. The van der Waals surface area contributed by atoms with Crippen molar-refractivity contribution in [2.75, 3.05) is 0 Å². The quantitative estimate of drug-likeness (QED) is 0.151. The zero-order chi connectivity index (χ0) is 55.7. The van der Waals surface area contributed by atoms with Gasteiger partial charge < -0.3 is 0 Å². The first kappa shape index (κ1) is 48.1. The molecule has 2 heteroatoms. The molecule has 0 radical (unpaired) electrons. The second-order valence-electron chi connectivity index (χ2n) is 24.5. The number of benzene rings is 14. The largest absolute Gasteiger partial charge is 0.135 e. The van der Waals surface area contributed by atoms with Gasteiger partial charge in [-0.1, -0.05) is 252 Å². The van der Waals surface area contributed by atoms with Gasteiger partial charge in [-0.2, -0.15) is 0 Å². The summed E-state index contributed by atoms with van der Waals surface area (Å²) in [7, 11) is 0. The predicted molar refractivity (Wildman–Crippen MR) is 365 cm³/mol. The molecule has 2 aromatic heterocycles. The van der Waals surface area contributed by atoms with Gasteiger partial charge in [0.25, 0.3) is 0 Å². The van der Waals surface area contributed by atoms with E-state index in [1.165, 1.54) is 184 Å². The van der Waals surface area contributed by atoms with E-state index in [0.29, 0.717) is 0 Å².